The van der Waals surface area contributed by atoms with Crippen molar-refractivity contribution in [2.24, 2.45) is 5.92 Å². The first-order valence-corrected chi connectivity index (χ1v) is 8.78. The fourth-order valence-electron chi connectivity index (χ4n) is 3.90. The molecule has 0 radical (unpaired) electrons. The van der Waals surface area contributed by atoms with E-state index < -0.39 is 29.0 Å². The number of nitrogens with zero attached hydrogens (tertiary/aromatic N) is 3. The largest absolute Gasteiger partial charge is 0.416 e. The van der Waals surface area contributed by atoms with E-state index >= 15 is 0 Å². The lowest BCUT2D eigenvalue weighted by Crippen LogP contribution is -2.47. The van der Waals surface area contributed by atoms with E-state index in [-0.39, 0.29) is 30.5 Å². The van der Waals surface area contributed by atoms with E-state index in [1.165, 1.54) is 23.4 Å². The van der Waals surface area contributed by atoms with Crippen molar-refractivity contribution in [3.63, 3.8) is 0 Å². The van der Waals surface area contributed by atoms with Crippen LogP contribution in [0.2, 0.25) is 0 Å². The molecule has 9 heteroatoms. The van der Waals surface area contributed by atoms with Gasteiger partial charge in [0.05, 0.1) is 5.56 Å². The molecule has 2 heterocycles. The standard InChI is InChI=1S/C19H17F3N4O2/c1-11-8-18(11)10-26(9-15(27)25-17-23-5-2-6-24-17)16(28)13-4-3-12(7-14(13)18)19(20,21)22/h2-7,11H,8-10H2,1H3,(H,23,24,25,27)/t11-,18-/m1/s1. The number of aromatic nitrogens is 2. The van der Waals surface area contributed by atoms with Crippen molar-refractivity contribution >= 4 is 17.8 Å². The van der Waals surface area contributed by atoms with Crippen molar-refractivity contribution in [2.45, 2.75) is 24.9 Å². The van der Waals surface area contributed by atoms with Gasteiger partial charge in [-0.05, 0) is 42.2 Å². The van der Waals surface area contributed by atoms with Crippen molar-refractivity contribution in [3.8, 4) is 0 Å². The normalized spacial score (nSPS) is 23.5. The number of anilines is 1. The quantitative estimate of drug-likeness (QED) is 0.875. The highest BCUT2D eigenvalue weighted by molar-refractivity contribution is 6.01. The van der Waals surface area contributed by atoms with Gasteiger partial charge in [0.2, 0.25) is 11.9 Å². The molecule has 4 rings (SSSR count). The topological polar surface area (TPSA) is 75.2 Å². The molecular formula is C19H17F3N4O2. The van der Waals surface area contributed by atoms with Gasteiger partial charge in [0.25, 0.3) is 5.91 Å². The van der Waals surface area contributed by atoms with Gasteiger partial charge in [0, 0.05) is 29.9 Å². The van der Waals surface area contributed by atoms with Gasteiger partial charge < -0.3 is 4.90 Å². The number of amides is 2. The van der Waals surface area contributed by atoms with Crippen molar-refractivity contribution < 1.29 is 22.8 Å². The van der Waals surface area contributed by atoms with Crippen LogP contribution in [0.3, 0.4) is 0 Å². The number of halogens is 3. The summed E-state index contributed by atoms with van der Waals surface area (Å²) in [5.74, 6) is -0.650. The Morgan fingerprint density at radius 3 is 2.61 bits per heavy atom. The number of carbonyl (C=O) groups is 2. The number of carbonyl (C=O) groups excluding carboxylic acids is 2. The molecule has 1 aliphatic carbocycles. The number of alkyl halides is 3. The van der Waals surface area contributed by atoms with Crippen LogP contribution in [0.4, 0.5) is 19.1 Å². The van der Waals surface area contributed by atoms with Crippen molar-refractivity contribution in [3.05, 3.63) is 53.3 Å². The van der Waals surface area contributed by atoms with E-state index in [2.05, 4.69) is 15.3 Å². The number of fused-ring (bicyclic) bond motifs is 2. The van der Waals surface area contributed by atoms with Crippen LogP contribution in [0.15, 0.2) is 36.7 Å². The fourth-order valence-corrected chi connectivity index (χ4v) is 3.90. The zero-order valence-electron chi connectivity index (χ0n) is 15.0. The van der Waals surface area contributed by atoms with Crippen LogP contribution < -0.4 is 5.32 Å². The van der Waals surface area contributed by atoms with Crippen molar-refractivity contribution in [1.82, 2.24) is 14.9 Å². The number of hydrogen-bond acceptors (Lipinski definition) is 4. The lowest BCUT2D eigenvalue weighted by atomic mass is 9.83. The molecule has 2 atom stereocenters. The second kappa shape index (κ2) is 6.29. The number of nitrogens with one attached hydrogen (secondary N) is 1. The molecule has 1 aromatic heterocycles. The van der Waals surface area contributed by atoms with E-state index in [1.54, 1.807) is 6.07 Å². The third-order valence-electron chi connectivity index (χ3n) is 5.48. The zero-order chi connectivity index (χ0) is 20.1. The Bertz CT molecular complexity index is 948. The van der Waals surface area contributed by atoms with Gasteiger partial charge in [-0.15, -0.1) is 0 Å². The molecule has 1 aliphatic heterocycles. The number of rotatable bonds is 3. The minimum absolute atomic E-state index is 0.127. The highest BCUT2D eigenvalue weighted by Gasteiger charge is 2.58. The maximum Gasteiger partial charge on any atom is 0.416 e. The lowest BCUT2D eigenvalue weighted by Gasteiger charge is -2.35. The average molecular weight is 390 g/mol. The van der Waals surface area contributed by atoms with Crippen LogP contribution >= 0.6 is 0 Å². The minimum atomic E-state index is -4.47. The molecular weight excluding hydrogens is 373 g/mol. The van der Waals surface area contributed by atoms with E-state index in [0.717, 1.165) is 12.1 Å². The summed E-state index contributed by atoms with van der Waals surface area (Å²) >= 11 is 0. The van der Waals surface area contributed by atoms with Crippen molar-refractivity contribution in [1.29, 1.82) is 0 Å². The SMILES string of the molecule is C[C@@H]1C[C@@]12CN(CC(=O)Nc1ncccn1)C(=O)c1ccc(C(F)(F)F)cc12. The Morgan fingerprint density at radius 2 is 2.00 bits per heavy atom. The van der Waals surface area contributed by atoms with Crippen LogP contribution in [0.5, 0.6) is 0 Å². The molecule has 1 aromatic carbocycles. The number of benzene rings is 1. The zero-order valence-corrected chi connectivity index (χ0v) is 15.0. The summed E-state index contributed by atoms with van der Waals surface area (Å²) in [7, 11) is 0. The van der Waals surface area contributed by atoms with Crippen LogP contribution in [0.25, 0.3) is 0 Å². The molecule has 6 nitrogen and oxygen atoms in total. The molecule has 1 spiro atoms. The van der Waals surface area contributed by atoms with Gasteiger partial charge >= 0.3 is 6.18 Å². The molecule has 2 aromatic rings. The first-order chi connectivity index (χ1) is 13.2. The summed E-state index contributed by atoms with van der Waals surface area (Å²) in [6.07, 6.45) is -0.841. The average Bonchev–Trinajstić information content (AvgIpc) is 3.29. The second-order valence-electron chi connectivity index (χ2n) is 7.30. The monoisotopic (exact) mass is 390 g/mol. The Morgan fingerprint density at radius 1 is 1.32 bits per heavy atom. The van der Waals surface area contributed by atoms with Gasteiger partial charge in [-0.2, -0.15) is 13.2 Å². The van der Waals surface area contributed by atoms with Gasteiger partial charge in [0.15, 0.2) is 0 Å². The molecule has 28 heavy (non-hydrogen) atoms. The highest BCUT2D eigenvalue weighted by atomic mass is 19.4. The van der Waals surface area contributed by atoms with Crippen LogP contribution in [0, 0.1) is 5.92 Å². The highest BCUT2D eigenvalue weighted by Crippen LogP contribution is 2.57. The van der Waals surface area contributed by atoms with E-state index in [0.29, 0.717) is 12.0 Å². The molecule has 0 saturated heterocycles. The predicted molar refractivity (Wildman–Crippen MR) is 93.5 cm³/mol. The van der Waals surface area contributed by atoms with Gasteiger partial charge in [-0.25, -0.2) is 9.97 Å². The van der Waals surface area contributed by atoms with Gasteiger partial charge in [-0.3, -0.25) is 14.9 Å². The molecule has 1 N–H and O–H groups in total. The van der Waals surface area contributed by atoms with Crippen molar-refractivity contribution in [2.75, 3.05) is 18.4 Å². The van der Waals surface area contributed by atoms with Gasteiger partial charge in [-0.1, -0.05) is 6.92 Å². The summed E-state index contributed by atoms with van der Waals surface area (Å²) in [6, 6.07) is 4.83. The Kier molecular flexibility index (Phi) is 4.13. The van der Waals surface area contributed by atoms with E-state index in [4.69, 9.17) is 0 Å². The molecule has 0 unspecified atom stereocenters. The third kappa shape index (κ3) is 3.10. The van der Waals surface area contributed by atoms with E-state index in [1.807, 2.05) is 6.92 Å². The molecule has 2 amide bonds. The second-order valence-corrected chi connectivity index (χ2v) is 7.30. The summed E-state index contributed by atoms with van der Waals surface area (Å²) in [6.45, 7) is 1.94. The first-order valence-electron chi connectivity index (χ1n) is 8.78. The fraction of sp³-hybridized carbons (Fsp3) is 0.368. The molecule has 1 saturated carbocycles. The van der Waals surface area contributed by atoms with Gasteiger partial charge in [0.1, 0.15) is 6.54 Å². The summed E-state index contributed by atoms with van der Waals surface area (Å²) in [5.41, 5.74) is -0.631. The minimum Gasteiger partial charge on any atom is -0.328 e. The summed E-state index contributed by atoms with van der Waals surface area (Å²) < 4.78 is 39.4. The smallest absolute Gasteiger partial charge is 0.328 e. The Hall–Kier alpha value is -2.97. The third-order valence-corrected chi connectivity index (χ3v) is 5.48. The number of hydrogen-bond donors (Lipinski definition) is 1. The Labute approximate surface area is 158 Å². The maximum absolute atomic E-state index is 13.1. The predicted octanol–water partition coefficient (Wildman–Crippen LogP) is 2.87. The maximum atomic E-state index is 13.1. The molecule has 1 fully saturated rings. The van der Waals surface area contributed by atoms with Crippen LogP contribution in [-0.4, -0.2) is 39.8 Å². The molecule has 2 aliphatic rings. The van der Waals surface area contributed by atoms with Crippen LogP contribution in [-0.2, 0) is 16.4 Å². The lowest BCUT2D eigenvalue weighted by molar-refractivity contribution is -0.137. The summed E-state index contributed by atoms with van der Waals surface area (Å²) in [5, 5.41) is 2.52. The van der Waals surface area contributed by atoms with Crippen LogP contribution in [0.1, 0.15) is 34.8 Å². The first kappa shape index (κ1) is 18.4. The summed E-state index contributed by atoms with van der Waals surface area (Å²) in [4.78, 5) is 34.3. The molecule has 0 bridgehead atoms. The van der Waals surface area contributed by atoms with E-state index in [9.17, 15) is 22.8 Å². The molecule has 146 valence electrons. The Balaban J connectivity index is 1.60.